The minimum atomic E-state index is -0.630. The van der Waals surface area contributed by atoms with Gasteiger partial charge in [0.05, 0.1) is 18.0 Å². The first-order chi connectivity index (χ1) is 8.58. The van der Waals surface area contributed by atoms with Gasteiger partial charge in [0.25, 0.3) is 0 Å². The van der Waals surface area contributed by atoms with Crippen LogP contribution in [0.3, 0.4) is 0 Å². The van der Waals surface area contributed by atoms with Crippen molar-refractivity contribution >= 4 is 0 Å². The van der Waals surface area contributed by atoms with Crippen molar-refractivity contribution in [1.29, 1.82) is 0 Å². The maximum Gasteiger partial charge on any atom is 0.168 e. The molecule has 0 aliphatic heterocycles. The second-order valence-electron chi connectivity index (χ2n) is 4.08. The molecule has 0 aliphatic carbocycles. The highest BCUT2D eigenvalue weighted by atomic mass is 19.1. The number of aryl methyl sites for hydroxylation is 1. The van der Waals surface area contributed by atoms with Gasteiger partial charge in [-0.25, -0.2) is 4.39 Å². The van der Waals surface area contributed by atoms with Crippen LogP contribution in [0.5, 0.6) is 11.5 Å². The lowest BCUT2D eigenvalue weighted by Gasteiger charge is -2.09. The van der Waals surface area contributed by atoms with E-state index in [0.717, 1.165) is 0 Å². The summed E-state index contributed by atoms with van der Waals surface area (Å²) < 4.78 is 19.1. The minimum Gasteiger partial charge on any atom is -0.453 e. The molecule has 0 saturated heterocycles. The molecular formula is C14H14FNO2. The smallest absolute Gasteiger partial charge is 0.168 e. The zero-order valence-corrected chi connectivity index (χ0v) is 10.2. The van der Waals surface area contributed by atoms with Crippen molar-refractivity contribution in [2.24, 2.45) is 0 Å². The third-order valence-electron chi connectivity index (χ3n) is 2.57. The van der Waals surface area contributed by atoms with Gasteiger partial charge in [-0.15, -0.1) is 0 Å². The maximum atomic E-state index is 13.7. The van der Waals surface area contributed by atoms with Gasteiger partial charge in [0.2, 0.25) is 0 Å². The Morgan fingerprint density at radius 1 is 1.28 bits per heavy atom. The van der Waals surface area contributed by atoms with E-state index >= 15 is 0 Å². The Kier molecular flexibility index (Phi) is 3.58. The summed E-state index contributed by atoms with van der Waals surface area (Å²) >= 11 is 0. The Labute approximate surface area is 105 Å². The molecule has 1 N–H and O–H groups in total. The fraction of sp³-hybridized carbons (Fsp3) is 0.214. The van der Waals surface area contributed by atoms with Crippen LogP contribution in [0, 0.1) is 12.7 Å². The van der Waals surface area contributed by atoms with E-state index in [-0.39, 0.29) is 11.6 Å². The number of rotatable bonds is 3. The van der Waals surface area contributed by atoms with Crippen LogP contribution in [0.25, 0.3) is 0 Å². The highest BCUT2D eigenvalue weighted by molar-refractivity contribution is 5.34. The molecule has 94 valence electrons. The van der Waals surface area contributed by atoms with E-state index in [1.807, 2.05) is 0 Å². The van der Waals surface area contributed by atoms with Crippen LogP contribution in [0.1, 0.15) is 24.3 Å². The van der Waals surface area contributed by atoms with E-state index in [4.69, 9.17) is 4.74 Å². The average molecular weight is 247 g/mol. The highest BCUT2D eigenvalue weighted by Gasteiger charge is 2.08. The van der Waals surface area contributed by atoms with Gasteiger partial charge in [0.15, 0.2) is 11.6 Å². The summed E-state index contributed by atoms with van der Waals surface area (Å²) in [7, 11) is 0. The number of pyridine rings is 1. The minimum absolute atomic E-state index is 0.168. The summed E-state index contributed by atoms with van der Waals surface area (Å²) in [6.07, 6.45) is 0.832. The number of aromatic nitrogens is 1. The van der Waals surface area contributed by atoms with Gasteiger partial charge in [-0.2, -0.15) is 0 Å². The van der Waals surface area contributed by atoms with E-state index in [0.29, 0.717) is 17.0 Å². The molecule has 0 radical (unpaired) electrons. The highest BCUT2D eigenvalue weighted by Crippen LogP contribution is 2.26. The predicted octanol–water partition coefficient (Wildman–Crippen LogP) is 3.37. The van der Waals surface area contributed by atoms with Crippen LogP contribution in [-0.4, -0.2) is 10.1 Å². The molecule has 0 spiro atoms. The van der Waals surface area contributed by atoms with Crippen LogP contribution in [0.4, 0.5) is 4.39 Å². The molecule has 1 aromatic carbocycles. The van der Waals surface area contributed by atoms with Crippen molar-refractivity contribution in [3.8, 4) is 11.5 Å². The number of aliphatic hydroxyl groups excluding tert-OH is 1. The number of aliphatic hydroxyl groups is 1. The molecular weight excluding hydrogens is 233 g/mol. The average Bonchev–Trinajstić information content (AvgIpc) is 2.36. The molecule has 0 amide bonds. The molecule has 0 fully saturated rings. The summed E-state index contributed by atoms with van der Waals surface area (Å²) in [5, 5.41) is 9.32. The molecule has 0 bridgehead atoms. The monoisotopic (exact) mass is 247 g/mol. The van der Waals surface area contributed by atoms with Crippen molar-refractivity contribution in [1.82, 2.24) is 4.98 Å². The van der Waals surface area contributed by atoms with E-state index in [9.17, 15) is 9.50 Å². The van der Waals surface area contributed by atoms with Gasteiger partial charge in [0.1, 0.15) is 5.75 Å². The van der Waals surface area contributed by atoms with Crippen molar-refractivity contribution in [2.75, 3.05) is 0 Å². The topological polar surface area (TPSA) is 42.4 Å². The lowest BCUT2D eigenvalue weighted by molar-refractivity contribution is 0.194. The first-order valence-corrected chi connectivity index (χ1v) is 5.65. The van der Waals surface area contributed by atoms with Crippen molar-refractivity contribution in [3.63, 3.8) is 0 Å². The van der Waals surface area contributed by atoms with Gasteiger partial charge >= 0.3 is 0 Å². The van der Waals surface area contributed by atoms with Gasteiger partial charge in [-0.1, -0.05) is 12.1 Å². The summed E-state index contributed by atoms with van der Waals surface area (Å²) in [5.41, 5.74) is 1.08. The van der Waals surface area contributed by atoms with Crippen LogP contribution in [0.2, 0.25) is 0 Å². The van der Waals surface area contributed by atoms with Gasteiger partial charge in [-0.3, -0.25) is 4.98 Å². The van der Waals surface area contributed by atoms with Crippen molar-refractivity contribution < 1.29 is 14.2 Å². The molecule has 1 aromatic heterocycles. The Balaban J connectivity index is 2.21. The quantitative estimate of drug-likeness (QED) is 0.904. The lowest BCUT2D eigenvalue weighted by Crippen LogP contribution is -1.96. The van der Waals surface area contributed by atoms with Crippen LogP contribution in [0.15, 0.2) is 36.5 Å². The maximum absolute atomic E-state index is 13.7. The van der Waals surface area contributed by atoms with Crippen LogP contribution in [-0.2, 0) is 0 Å². The largest absolute Gasteiger partial charge is 0.453 e. The van der Waals surface area contributed by atoms with E-state index < -0.39 is 6.10 Å². The molecule has 0 unspecified atom stereocenters. The van der Waals surface area contributed by atoms with E-state index in [1.165, 1.54) is 6.20 Å². The standard InChI is InChI=1S/C14H14FNO2/c1-9-4-3-5-13(14(9)15)18-11-6-7-12(10(2)17)16-8-11/h3-8,10,17H,1-2H3/t10-/m0/s1. The first-order valence-electron chi connectivity index (χ1n) is 5.65. The van der Waals surface area contributed by atoms with E-state index in [2.05, 4.69) is 4.98 Å². The molecule has 0 aliphatic rings. The number of benzene rings is 1. The Morgan fingerprint density at radius 2 is 2.06 bits per heavy atom. The van der Waals surface area contributed by atoms with Gasteiger partial charge in [0, 0.05) is 0 Å². The van der Waals surface area contributed by atoms with Crippen LogP contribution < -0.4 is 4.74 Å². The SMILES string of the molecule is Cc1cccc(Oc2ccc([C@H](C)O)nc2)c1F. The van der Waals surface area contributed by atoms with Crippen molar-refractivity contribution in [2.45, 2.75) is 20.0 Å². The Hall–Kier alpha value is -1.94. The zero-order valence-electron chi connectivity index (χ0n) is 10.2. The van der Waals surface area contributed by atoms with Gasteiger partial charge in [-0.05, 0) is 37.6 Å². The number of hydrogen-bond donors (Lipinski definition) is 1. The lowest BCUT2D eigenvalue weighted by atomic mass is 10.2. The molecule has 18 heavy (non-hydrogen) atoms. The molecule has 3 nitrogen and oxygen atoms in total. The fourth-order valence-electron chi connectivity index (χ4n) is 1.53. The molecule has 1 atom stereocenters. The molecule has 1 heterocycles. The first kappa shape index (κ1) is 12.5. The summed E-state index contributed by atoms with van der Waals surface area (Å²) in [4.78, 5) is 4.03. The normalized spacial score (nSPS) is 12.2. The van der Waals surface area contributed by atoms with E-state index in [1.54, 1.807) is 44.2 Å². The molecule has 2 rings (SSSR count). The Bertz CT molecular complexity index is 538. The number of nitrogens with zero attached hydrogens (tertiary/aromatic N) is 1. The van der Waals surface area contributed by atoms with Gasteiger partial charge < -0.3 is 9.84 Å². The number of hydrogen-bond acceptors (Lipinski definition) is 3. The molecule has 0 saturated carbocycles. The zero-order chi connectivity index (χ0) is 13.1. The summed E-state index contributed by atoms with van der Waals surface area (Å²) in [6, 6.07) is 8.26. The second-order valence-corrected chi connectivity index (χ2v) is 4.08. The summed E-state index contributed by atoms with van der Waals surface area (Å²) in [6.45, 7) is 3.31. The third kappa shape index (κ3) is 2.65. The predicted molar refractivity (Wildman–Crippen MR) is 66.1 cm³/mol. The number of halogens is 1. The van der Waals surface area contributed by atoms with Crippen LogP contribution >= 0.6 is 0 Å². The van der Waals surface area contributed by atoms with Crippen molar-refractivity contribution in [3.05, 3.63) is 53.6 Å². The Morgan fingerprint density at radius 3 is 2.67 bits per heavy atom. The fourth-order valence-corrected chi connectivity index (χ4v) is 1.53. The summed E-state index contributed by atoms with van der Waals surface area (Å²) in [5.74, 6) is 0.225. The molecule has 2 aromatic rings. The second kappa shape index (κ2) is 5.14. The molecule has 4 heteroatoms. The number of ether oxygens (including phenoxy) is 1. The third-order valence-corrected chi connectivity index (χ3v) is 2.57.